The van der Waals surface area contributed by atoms with Crippen LogP contribution in [-0.4, -0.2) is 17.7 Å². The van der Waals surface area contributed by atoms with E-state index in [0.29, 0.717) is 18.8 Å². The lowest BCUT2D eigenvalue weighted by Gasteiger charge is -1.95. The van der Waals surface area contributed by atoms with Crippen LogP contribution in [0.4, 0.5) is 0 Å². The van der Waals surface area contributed by atoms with Gasteiger partial charge in [0.25, 0.3) is 0 Å². The van der Waals surface area contributed by atoms with E-state index in [1.807, 2.05) is 19.1 Å². The van der Waals surface area contributed by atoms with Crippen LogP contribution in [0.5, 0.6) is 0 Å². The monoisotopic (exact) mass is 236 g/mol. The first kappa shape index (κ1) is 11.1. The number of thiophene rings is 1. The zero-order valence-electron chi connectivity index (χ0n) is 8.90. The predicted molar refractivity (Wildman–Crippen MR) is 64.1 cm³/mol. The summed E-state index contributed by atoms with van der Waals surface area (Å²) >= 11 is 1.49. The van der Waals surface area contributed by atoms with Crippen molar-refractivity contribution in [2.24, 2.45) is 0 Å². The maximum Gasteiger partial charge on any atom is 0.337 e. The van der Waals surface area contributed by atoms with Gasteiger partial charge in [0.15, 0.2) is 0 Å². The number of aromatic carboxylic acids is 1. The number of benzene rings is 1. The Morgan fingerprint density at radius 2 is 2.31 bits per heavy atom. The predicted octanol–water partition coefficient (Wildman–Crippen LogP) is 3.14. The average molecular weight is 236 g/mol. The second-order valence-corrected chi connectivity index (χ2v) is 4.52. The van der Waals surface area contributed by atoms with Crippen molar-refractivity contribution in [2.45, 2.75) is 13.5 Å². The van der Waals surface area contributed by atoms with Gasteiger partial charge in [-0.1, -0.05) is 12.1 Å². The lowest BCUT2D eigenvalue weighted by molar-refractivity contribution is 0.0699. The van der Waals surface area contributed by atoms with E-state index < -0.39 is 5.97 Å². The smallest absolute Gasteiger partial charge is 0.337 e. The van der Waals surface area contributed by atoms with E-state index in [0.717, 1.165) is 15.0 Å². The zero-order chi connectivity index (χ0) is 11.5. The van der Waals surface area contributed by atoms with E-state index in [2.05, 4.69) is 0 Å². The molecule has 1 aromatic carbocycles. The molecule has 2 rings (SSSR count). The molecule has 0 bridgehead atoms. The maximum atomic E-state index is 11.0. The summed E-state index contributed by atoms with van der Waals surface area (Å²) < 4.78 is 6.14. The molecule has 16 heavy (non-hydrogen) atoms. The van der Waals surface area contributed by atoms with Gasteiger partial charge < -0.3 is 9.84 Å². The Morgan fingerprint density at radius 1 is 1.50 bits per heavy atom. The molecule has 2 aromatic rings. The first-order chi connectivity index (χ1) is 7.72. The molecule has 0 unspecified atom stereocenters. The maximum absolute atomic E-state index is 11.0. The molecule has 0 saturated carbocycles. The highest BCUT2D eigenvalue weighted by atomic mass is 32.1. The number of ether oxygens (including phenoxy) is 1. The molecule has 0 atom stereocenters. The van der Waals surface area contributed by atoms with Crippen molar-refractivity contribution in [3.8, 4) is 0 Å². The van der Waals surface area contributed by atoms with Gasteiger partial charge in [0.2, 0.25) is 0 Å². The Balaban J connectivity index is 2.44. The first-order valence-corrected chi connectivity index (χ1v) is 5.86. The summed E-state index contributed by atoms with van der Waals surface area (Å²) in [5.74, 6) is -0.879. The number of rotatable bonds is 4. The van der Waals surface area contributed by atoms with Crippen molar-refractivity contribution in [3.05, 3.63) is 34.7 Å². The van der Waals surface area contributed by atoms with Crippen LogP contribution in [0.25, 0.3) is 10.1 Å². The van der Waals surface area contributed by atoms with Crippen LogP contribution < -0.4 is 0 Å². The molecule has 0 fully saturated rings. The molecule has 1 heterocycles. The van der Waals surface area contributed by atoms with Crippen molar-refractivity contribution >= 4 is 27.4 Å². The summed E-state index contributed by atoms with van der Waals surface area (Å²) in [7, 11) is 0. The minimum absolute atomic E-state index is 0.366. The Kier molecular flexibility index (Phi) is 3.22. The summed E-state index contributed by atoms with van der Waals surface area (Å²) in [5.41, 5.74) is 0.366. The fourth-order valence-corrected chi connectivity index (χ4v) is 2.66. The second-order valence-electron chi connectivity index (χ2n) is 3.38. The van der Waals surface area contributed by atoms with Gasteiger partial charge >= 0.3 is 5.97 Å². The van der Waals surface area contributed by atoms with Gasteiger partial charge in [-0.2, -0.15) is 0 Å². The average Bonchev–Trinajstić information content (AvgIpc) is 2.68. The normalized spacial score (nSPS) is 10.8. The Morgan fingerprint density at radius 3 is 3.00 bits per heavy atom. The van der Waals surface area contributed by atoms with Crippen molar-refractivity contribution in [1.82, 2.24) is 0 Å². The topological polar surface area (TPSA) is 46.5 Å². The van der Waals surface area contributed by atoms with Crippen LogP contribution in [0.3, 0.4) is 0 Å². The molecule has 3 nitrogen and oxygen atoms in total. The van der Waals surface area contributed by atoms with Crippen molar-refractivity contribution in [2.75, 3.05) is 6.61 Å². The number of hydrogen-bond donors (Lipinski definition) is 1. The largest absolute Gasteiger partial charge is 0.478 e. The molecule has 0 aliphatic rings. The molecule has 1 aromatic heterocycles. The summed E-state index contributed by atoms with van der Waals surface area (Å²) in [6, 6.07) is 7.31. The highest BCUT2D eigenvalue weighted by Gasteiger charge is 2.11. The molecular weight excluding hydrogens is 224 g/mol. The molecule has 0 spiro atoms. The van der Waals surface area contributed by atoms with E-state index in [9.17, 15) is 4.79 Å². The van der Waals surface area contributed by atoms with Crippen LogP contribution in [0, 0.1) is 0 Å². The Bertz CT molecular complexity index is 516. The molecule has 84 valence electrons. The summed E-state index contributed by atoms with van der Waals surface area (Å²) in [5, 5.41) is 10.0. The van der Waals surface area contributed by atoms with E-state index in [1.165, 1.54) is 11.3 Å². The van der Waals surface area contributed by atoms with Gasteiger partial charge in [0.05, 0.1) is 12.2 Å². The number of carboxylic acid groups (broad SMARTS) is 1. The van der Waals surface area contributed by atoms with E-state index in [-0.39, 0.29) is 0 Å². The van der Waals surface area contributed by atoms with Gasteiger partial charge in [-0.05, 0) is 24.4 Å². The van der Waals surface area contributed by atoms with Gasteiger partial charge in [-0.3, -0.25) is 0 Å². The van der Waals surface area contributed by atoms with E-state index in [1.54, 1.807) is 12.1 Å². The third kappa shape index (κ3) is 2.08. The van der Waals surface area contributed by atoms with Gasteiger partial charge in [-0.15, -0.1) is 11.3 Å². The summed E-state index contributed by atoms with van der Waals surface area (Å²) in [4.78, 5) is 12.1. The van der Waals surface area contributed by atoms with Gasteiger partial charge in [-0.25, -0.2) is 4.79 Å². The number of hydrogen-bond acceptors (Lipinski definition) is 3. The number of carbonyl (C=O) groups is 1. The SMILES string of the molecule is CCOCc1cc2cccc(C(=O)O)c2s1. The van der Waals surface area contributed by atoms with Crippen LogP contribution >= 0.6 is 11.3 Å². The summed E-state index contributed by atoms with van der Waals surface area (Å²) in [6.45, 7) is 3.16. The summed E-state index contributed by atoms with van der Waals surface area (Å²) in [6.07, 6.45) is 0. The molecule has 0 saturated heterocycles. The fourth-order valence-electron chi connectivity index (χ4n) is 1.56. The Hall–Kier alpha value is -1.39. The molecule has 0 aliphatic heterocycles. The lowest BCUT2D eigenvalue weighted by atomic mass is 10.1. The molecule has 0 amide bonds. The molecule has 0 radical (unpaired) electrons. The van der Waals surface area contributed by atoms with Crippen LogP contribution in [-0.2, 0) is 11.3 Å². The highest BCUT2D eigenvalue weighted by molar-refractivity contribution is 7.19. The second kappa shape index (κ2) is 4.63. The van der Waals surface area contributed by atoms with Crippen molar-refractivity contribution in [1.29, 1.82) is 0 Å². The standard InChI is InChI=1S/C12H12O3S/c1-2-15-7-9-6-8-4-3-5-10(12(13)14)11(8)16-9/h3-6H,2,7H2,1H3,(H,13,14). The zero-order valence-corrected chi connectivity index (χ0v) is 9.71. The quantitative estimate of drug-likeness (QED) is 0.887. The van der Waals surface area contributed by atoms with Gasteiger partial charge in [0, 0.05) is 16.2 Å². The fraction of sp³-hybridized carbons (Fsp3) is 0.250. The minimum atomic E-state index is -0.879. The van der Waals surface area contributed by atoms with Gasteiger partial charge in [0.1, 0.15) is 0 Å². The lowest BCUT2D eigenvalue weighted by Crippen LogP contribution is -1.94. The molecular formula is C12H12O3S. The molecule has 1 N–H and O–H groups in total. The number of carboxylic acids is 1. The molecule has 4 heteroatoms. The van der Waals surface area contributed by atoms with Crippen LogP contribution in [0.1, 0.15) is 22.2 Å². The van der Waals surface area contributed by atoms with Crippen LogP contribution in [0.15, 0.2) is 24.3 Å². The number of fused-ring (bicyclic) bond motifs is 1. The molecule has 0 aliphatic carbocycles. The van der Waals surface area contributed by atoms with Crippen LogP contribution in [0.2, 0.25) is 0 Å². The highest BCUT2D eigenvalue weighted by Crippen LogP contribution is 2.29. The minimum Gasteiger partial charge on any atom is -0.478 e. The Labute approximate surface area is 97.3 Å². The first-order valence-electron chi connectivity index (χ1n) is 5.05. The van der Waals surface area contributed by atoms with Crippen molar-refractivity contribution < 1.29 is 14.6 Å². The van der Waals surface area contributed by atoms with Crippen molar-refractivity contribution in [3.63, 3.8) is 0 Å². The van der Waals surface area contributed by atoms with E-state index >= 15 is 0 Å². The van der Waals surface area contributed by atoms with E-state index in [4.69, 9.17) is 9.84 Å². The third-order valence-corrected chi connectivity index (χ3v) is 3.43. The third-order valence-electron chi connectivity index (χ3n) is 2.27.